The first kappa shape index (κ1) is 9.19. The van der Waals surface area contributed by atoms with E-state index in [1.54, 1.807) is 6.07 Å². The zero-order valence-corrected chi connectivity index (χ0v) is 7.81. The monoisotopic (exact) mass is 208 g/mol. The molecule has 0 bridgehead atoms. The second-order valence-corrected chi connectivity index (χ2v) is 2.60. The Hall–Kier alpha value is -2.38. The first-order valence-corrected chi connectivity index (χ1v) is 4.06. The summed E-state index contributed by atoms with van der Waals surface area (Å²) in [4.78, 5) is 15.3. The summed E-state index contributed by atoms with van der Waals surface area (Å²) in [6, 6.07) is 1.71. The van der Waals surface area contributed by atoms with Crippen molar-refractivity contribution in [1.29, 1.82) is 0 Å². The van der Waals surface area contributed by atoms with Crippen LogP contribution in [-0.4, -0.2) is 38.4 Å². The van der Waals surface area contributed by atoms with E-state index in [9.17, 15) is 4.79 Å². The average Bonchev–Trinajstić information content (AvgIpc) is 2.87. The number of H-pyrrole nitrogens is 2. The van der Waals surface area contributed by atoms with Gasteiger partial charge >= 0.3 is 6.01 Å². The molecule has 8 heteroatoms. The van der Waals surface area contributed by atoms with Gasteiger partial charge < -0.3 is 4.74 Å². The highest BCUT2D eigenvalue weighted by molar-refractivity contribution is 6.01. The van der Waals surface area contributed by atoms with Crippen LogP contribution in [0.3, 0.4) is 0 Å². The highest BCUT2D eigenvalue weighted by Crippen LogP contribution is 2.05. The molecule has 2 heterocycles. The molecule has 15 heavy (non-hydrogen) atoms. The van der Waals surface area contributed by atoms with Crippen LogP contribution in [-0.2, 0) is 0 Å². The number of ether oxygens (including phenoxy) is 1. The number of rotatable bonds is 3. The van der Waals surface area contributed by atoms with Gasteiger partial charge in [-0.05, 0) is 6.07 Å². The number of aromatic nitrogens is 5. The first-order valence-electron chi connectivity index (χ1n) is 4.06. The van der Waals surface area contributed by atoms with Gasteiger partial charge in [-0.2, -0.15) is 10.1 Å². The Morgan fingerprint density at radius 2 is 2.40 bits per heavy atom. The van der Waals surface area contributed by atoms with Crippen molar-refractivity contribution in [3.8, 4) is 6.01 Å². The third kappa shape index (κ3) is 1.93. The number of anilines is 1. The van der Waals surface area contributed by atoms with Gasteiger partial charge in [0.2, 0.25) is 5.95 Å². The maximum Gasteiger partial charge on any atom is 0.336 e. The molecule has 1 amide bonds. The summed E-state index contributed by atoms with van der Waals surface area (Å²) >= 11 is 0. The first-order chi connectivity index (χ1) is 7.29. The third-order valence-electron chi connectivity index (χ3n) is 1.62. The quantitative estimate of drug-likeness (QED) is 0.646. The maximum atomic E-state index is 11.5. The minimum absolute atomic E-state index is 0.162. The molecule has 0 radical (unpaired) electrons. The minimum Gasteiger partial charge on any atom is -0.466 e. The highest BCUT2D eigenvalue weighted by atomic mass is 16.5. The molecule has 0 aliphatic heterocycles. The number of carbonyl (C=O) groups is 1. The molecule has 78 valence electrons. The molecular weight excluding hydrogens is 200 g/mol. The van der Waals surface area contributed by atoms with Gasteiger partial charge in [-0.25, -0.2) is 5.10 Å². The predicted molar refractivity (Wildman–Crippen MR) is 49.5 cm³/mol. The molecule has 0 saturated heterocycles. The lowest BCUT2D eigenvalue weighted by molar-refractivity contribution is 0.102. The van der Waals surface area contributed by atoms with Crippen LogP contribution >= 0.6 is 0 Å². The van der Waals surface area contributed by atoms with Crippen LogP contribution in [0, 0.1) is 0 Å². The Kier molecular flexibility index (Phi) is 2.31. The van der Waals surface area contributed by atoms with Crippen LogP contribution in [0.15, 0.2) is 12.3 Å². The molecule has 0 aromatic carbocycles. The minimum atomic E-state index is -0.355. The summed E-state index contributed by atoms with van der Waals surface area (Å²) in [5, 5.41) is 14.8. The van der Waals surface area contributed by atoms with E-state index < -0.39 is 0 Å². The van der Waals surface area contributed by atoms with E-state index >= 15 is 0 Å². The van der Waals surface area contributed by atoms with Crippen LogP contribution in [0.2, 0.25) is 0 Å². The number of nitrogens with zero attached hydrogens (tertiary/aromatic N) is 3. The van der Waals surface area contributed by atoms with Gasteiger partial charge in [0.1, 0.15) is 5.69 Å². The van der Waals surface area contributed by atoms with Crippen molar-refractivity contribution in [2.45, 2.75) is 0 Å². The Labute approximate surface area is 84.1 Å². The molecule has 2 aromatic heterocycles. The van der Waals surface area contributed by atoms with E-state index in [4.69, 9.17) is 4.74 Å². The second-order valence-electron chi connectivity index (χ2n) is 2.60. The lowest BCUT2D eigenvalue weighted by Gasteiger charge is -1.96. The second kappa shape index (κ2) is 3.78. The number of methoxy groups -OCH3 is 1. The number of hydrogen-bond donors (Lipinski definition) is 3. The average molecular weight is 208 g/mol. The lowest BCUT2D eigenvalue weighted by Crippen LogP contribution is -2.13. The van der Waals surface area contributed by atoms with Crippen molar-refractivity contribution in [3.63, 3.8) is 0 Å². The Bertz CT molecular complexity index is 448. The van der Waals surface area contributed by atoms with Crippen LogP contribution in [0.25, 0.3) is 0 Å². The Balaban J connectivity index is 2.06. The fourth-order valence-corrected chi connectivity index (χ4v) is 0.951. The SMILES string of the molecule is COc1n[nH]c(NC(=O)c2ccn[nH]2)n1. The summed E-state index contributed by atoms with van der Waals surface area (Å²) < 4.78 is 4.74. The number of nitrogens with one attached hydrogen (secondary N) is 3. The van der Waals surface area contributed by atoms with Crippen molar-refractivity contribution < 1.29 is 9.53 Å². The highest BCUT2D eigenvalue weighted by Gasteiger charge is 2.10. The van der Waals surface area contributed by atoms with Gasteiger partial charge in [0.25, 0.3) is 5.91 Å². The molecule has 0 spiro atoms. The van der Waals surface area contributed by atoms with E-state index in [1.807, 2.05) is 0 Å². The van der Waals surface area contributed by atoms with E-state index in [1.165, 1.54) is 13.3 Å². The zero-order valence-electron chi connectivity index (χ0n) is 7.81. The van der Waals surface area contributed by atoms with Crippen LogP contribution in [0.5, 0.6) is 6.01 Å². The molecule has 0 unspecified atom stereocenters. The summed E-state index contributed by atoms with van der Waals surface area (Å²) in [6.45, 7) is 0. The van der Waals surface area contributed by atoms with E-state index in [0.717, 1.165) is 0 Å². The van der Waals surface area contributed by atoms with Crippen LogP contribution in [0.1, 0.15) is 10.5 Å². The fourth-order valence-electron chi connectivity index (χ4n) is 0.951. The molecule has 0 aliphatic rings. The van der Waals surface area contributed by atoms with Gasteiger partial charge in [-0.3, -0.25) is 15.2 Å². The molecule has 0 fully saturated rings. The normalized spacial score (nSPS) is 9.93. The summed E-state index contributed by atoms with van der Waals surface area (Å²) in [5.41, 5.74) is 0.338. The third-order valence-corrected chi connectivity index (χ3v) is 1.62. The smallest absolute Gasteiger partial charge is 0.336 e. The zero-order chi connectivity index (χ0) is 10.7. The van der Waals surface area contributed by atoms with Crippen molar-refractivity contribution in [2.24, 2.45) is 0 Å². The van der Waals surface area contributed by atoms with Gasteiger partial charge in [0, 0.05) is 6.20 Å². The number of amides is 1. The number of carbonyl (C=O) groups excluding carboxylic acids is 1. The largest absolute Gasteiger partial charge is 0.466 e. The van der Waals surface area contributed by atoms with Gasteiger partial charge in [0.05, 0.1) is 7.11 Å². The maximum absolute atomic E-state index is 11.5. The molecule has 2 aromatic rings. The predicted octanol–water partition coefficient (Wildman–Crippen LogP) is -0.211. The van der Waals surface area contributed by atoms with Crippen molar-refractivity contribution in [2.75, 3.05) is 12.4 Å². The van der Waals surface area contributed by atoms with Crippen LogP contribution < -0.4 is 10.1 Å². The number of aromatic amines is 2. The molecule has 2 rings (SSSR count). The number of hydrogen-bond acceptors (Lipinski definition) is 5. The fraction of sp³-hybridized carbons (Fsp3) is 0.143. The van der Waals surface area contributed by atoms with Gasteiger partial charge in [-0.1, -0.05) is 0 Å². The molecule has 0 saturated carbocycles. The van der Waals surface area contributed by atoms with Gasteiger partial charge in [-0.15, -0.1) is 5.10 Å². The van der Waals surface area contributed by atoms with E-state index in [-0.39, 0.29) is 17.9 Å². The van der Waals surface area contributed by atoms with Gasteiger partial charge in [0.15, 0.2) is 0 Å². The van der Waals surface area contributed by atoms with Crippen molar-refractivity contribution in [1.82, 2.24) is 25.4 Å². The molecule has 8 nitrogen and oxygen atoms in total. The van der Waals surface area contributed by atoms with E-state index in [0.29, 0.717) is 5.69 Å². The van der Waals surface area contributed by atoms with Crippen molar-refractivity contribution in [3.05, 3.63) is 18.0 Å². The van der Waals surface area contributed by atoms with Crippen molar-refractivity contribution >= 4 is 11.9 Å². The molecule has 0 atom stereocenters. The summed E-state index contributed by atoms with van der Waals surface area (Å²) in [6.07, 6.45) is 1.48. The molecule has 0 aliphatic carbocycles. The van der Waals surface area contributed by atoms with E-state index in [2.05, 4.69) is 30.7 Å². The summed E-state index contributed by atoms with van der Waals surface area (Å²) in [7, 11) is 1.43. The van der Waals surface area contributed by atoms with Crippen LogP contribution in [0.4, 0.5) is 5.95 Å². The Morgan fingerprint density at radius 1 is 1.53 bits per heavy atom. The Morgan fingerprint density at radius 3 is 3.00 bits per heavy atom. The standard InChI is InChI=1S/C7H8N6O2/c1-15-7-10-6(12-13-7)9-5(14)4-2-3-8-11-4/h2-3H,1H3,(H,8,11)(H2,9,10,12,13,14). The molecule has 3 N–H and O–H groups in total. The lowest BCUT2D eigenvalue weighted by atomic mass is 10.4. The summed E-state index contributed by atoms with van der Waals surface area (Å²) in [5.74, 6) is -0.141. The topological polar surface area (TPSA) is 109 Å². The molecular formula is C7H8N6O2.